The number of ether oxygens (including phenoxy) is 1. The molecule has 0 spiro atoms. The summed E-state index contributed by atoms with van der Waals surface area (Å²) in [6, 6.07) is 0.386. The van der Waals surface area contributed by atoms with Gasteiger partial charge in [-0.05, 0) is 25.2 Å². The van der Waals surface area contributed by atoms with Crippen molar-refractivity contribution in [2.24, 2.45) is 5.92 Å². The molecule has 0 amide bonds. The molecule has 112 valence electrons. The molecular formula is C14H25N5O. The van der Waals surface area contributed by atoms with Crippen LogP contribution in [0, 0.1) is 5.92 Å². The molecule has 1 aromatic rings. The molecule has 0 aromatic carbocycles. The van der Waals surface area contributed by atoms with Crippen LogP contribution < -0.4 is 15.4 Å². The third-order valence-electron chi connectivity index (χ3n) is 3.55. The predicted octanol–water partition coefficient (Wildman–Crippen LogP) is 2.69. The van der Waals surface area contributed by atoms with Gasteiger partial charge in [-0.15, -0.1) is 0 Å². The number of hydrogen-bond acceptors (Lipinski definition) is 6. The van der Waals surface area contributed by atoms with Crippen LogP contribution >= 0.6 is 0 Å². The first-order chi connectivity index (χ1) is 9.81. The van der Waals surface area contributed by atoms with E-state index in [0.717, 1.165) is 18.9 Å². The number of nitrogens with zero attached hydrogens (tertiary/aromatic N) is 3. The van der Waals surface area contributed by atoms with Crippen molar-refractivity contribution in [3.8, 4) is 6.01 Å². The van der Waals surface area contributed by atoms with Crippen LogP contribution in [0.15, 0.2) is 0 Å². The Morgan fingerprint density at radius 3 is 2.55 bits per heavy atom. The number of rotatable bonds is 7. The van der Waals surface area contributed by atoms with Crippen LogP contribution in [-0.2, 0) is 0 Å². The molecule has 1 heterocycles. The molecule has 0 radical (unpaired) electrons. The summed E-state index contributed by atoms with van der Waals surface area (Å²) in [5.41, 5.74) is 0. The molecule has 0 aliphatic heterocycles. The second-order valence-electron chi connectivity index (χ2n) is 5.25. The Labute approximate surface area is 120 Å². The molecule has 20 heavy (non-hydrogen) atoms. The molecule has 2 rings (SSSR count). The van der Waals surface area contributed by atoms with Crippen molar-refractivity contribution in [1.82, 2.24) is 15.0 Å². The normalized spacial score (nSPS) is 15.9. The zero-order valence-corrected chi connectivity index (χ0v) is 12.5. The SMILES string of the molecule is CCCOc1nc(NC)nc(NCC2CCCCC2)n1. The Kier molecular flexibility index (Phi) is 5.83. The smallest absolute Gasteiger partial charge is 0.323 e. The van der Waals surface area contributed by atoms with Crippen LogP contribution in [0.1, 0.15) is 45.4 Å². The Morgan fingerprint density at radius 1 is 1.10 bits per heavy atom. The molecule has 0 unspecified atom stereocenters. The standard InChI is InChI=1S/C14H25N5O/c1-3-9-20-14-18-12(15-2)17-13(19-14)16-10-11-7-5-4-6-8-11/h11H,3-10H2,1-2H3,(H2,15,16,17,18,19). The van der Waals surface area contributed by atoms with Crippen LogP contribution in [0.4, 0.5) is 11.9 Å². The van der Waals surface area contributed by atoms with Gasteiger partial charge in [0.2, 0.25) is 11.9 Å². The van der Waals surface area contributed by atoms with Crippen molar-refractivity contribution >= 4 is 11.9 Å². The Balaban J connectivity index is 1.94. The molecule has 6 heteroatoms. The molecule has 0 saturated heterocycles. The Bertz CT molecular complexity index is 407. The highest BCUT2D eigenvalue weighted by atomic mass is 16.5. The van der Waals surface area contributed by atoms with Crippen LogP contribution in [0.25, 0.3) is 0 Å². The maximum Gasteiger partial charge on any atom is 0.323 e. The van der Waals surface area contributed by atoms with Gasteiger partial charge in [-0.25, -0.2) is 0 Å². The number of anilines is 2. The van der Waals surface area contributed by atoms with E-state index in [0.29, 0.717) is 24.5 Å². The zero-order valence-electron chi connectivity index (χ0n) is 12.5. The highest BCUT2D eigenvalue weighted by molar-refractivity contribution is 5.35. The van der Waals surface area contributed by atoms with E-state index in [4.69, 9.17) is 4.74 Å². The minimum absolute atomic E-state index is 0.386. The molecule has 1 aliphatic rings. The first-order valence-electron chi connectivity index (χ1n) is 7.62. The van der Waals surface area contributed by atoms with Crippen molar-refractivity contribution in [3.63, 3.8) is 0 Å². The average molecular weight is 279 g/mol. The van der Waals surface area contributed by atoms with Crippen molar-refractivity contribution < 1.29 is 4.74 Å². The van der Waals surface area contributed by atoms with Crippen LogP contribution in [0.5, 0.6) is 6.01 Å². The highest BCUT2D eigenvalue weighted by Crippen LogP contribution is 2.23. The fraction of sp³-hybridized carbons (Fsp3) is 0.786. The molecule has 1 aromatic heterocycles. The van der Waals surface area contributed by atoms with E-state index < -0.39 is 0 Å². The minimum Gasteiger partial charge on any atom is -0.463 e. The summed E-state index contributed by atoms with van der Waals surface area (Å²) in [5, 5.41) is 6.26. The molecule has 1 saturated carbocycles. The summed E-state index contributed by atoms with van der Waals surface area (Å²) in [6.45, 7) is 3.61. The van der Waals surface area contributed by atoms with E-state index in [1.54, 1.807) is 7.05 Å². The number of hydrogen-bond donors (Lipinski definition) is 2. The van der Waals surface area contributed by atoms with Gasteiger partial charge >= 0.3 is 6.01 Å². The lowest BCUT2D eigenvalue weighted by Gasteiger charge is -2.21. The number of nitrogens with one attached hydrogen (secondary N) is 2. The number of aromatic nitrogens is 3. The van der Waals surface area contributed by atoms with E-state index in [1.807, 2.05) is 0 Å². The second kappa shape index (κ2) is 7.87. The van der Waals surface area contributed by atoms with E-state index in [2.05, 4.69) is 32.5 Å². The van der Waals surface area contributed by atoms with Gasteiger partial charge in [0, 0.05) is 13.6 Å². The lowest BCUT2D eigenvalue weighted by Crippen LogP contribution is -2.19. The quantitative estimate of drug-likeness (QED) is 0.799. The monoisotopic (exact) mass is 279 g/mol. The van der Waals surface area contributed by atoms with Crippen molar-refractivity contribution in [2.75, 3.05) is 30.8 Å². The maximum atomic E-state index is 5.49. The average Bonchev–Trinajstić information content (AvgIpc) is 2.51. The van der Waals surface area contributed by atoms with Gasteiger partial charge in [-0.3, -0.25) is 0 Å². The third kappa shape index (κ3) is 4.51. The van der Waals surface area contributed by atoms with Gasteiger partial charge in [0.05, 0.1) is 6.61 Å². The van der Waals surface area contributed by atoms with E-state index >= 15 is 0 Å². The molecule has 1 aliphatic carbocycles. The Hall–Kier alpha value is -1.59. The first kappa shape index (κ1) is 14.8. The summed E-state index contributed by atoms with van der Waals surface area (Å²) in [6.07, 6.45) is 7.60. The van der Waals surface area contributed by atoms with Gasteiger partial charge in [0.1, 0.15) is 0 Å². The van der Waals surface area contributed by atoms with Gasteiger partial charge in [-0.1, -0.05) is 26.2 Å². The summed E-state index contributed by atoms with van der Waals surface area (Å²) >= 11 is 0. The van der Waals surface area contributed by atoms with Gasteiger partial charge in [0.15, 0.2) is 0 Å². The van der Waals surface area contributed by atoms with Crippen molar-refractivity contribution in [2.45, 2.75) is 45.4 Å². The van der Waals surface area contributed by atoms with E-state index in [9.17, 15) is 0 Å². The summed E-state index contributed by atoms with van der Waals surface area (Å²) in [5.74, 6) is 1.87. The van der Waals surface area contributed by atoms with Crippen molar-refractivity contribution in [1.29, 1.82) is 0 Å². The Morgan fingerprint density at radius 2 is 1.85 bits per heavy atom. The second-order valence-corrected chi connectivity index (χ2v) is 5.25. The maximum absolute atomic E-state index is 5.49. The lowest BCUT2D eigenvalue weighted by atomic mass is 9.89. The van der Waals surface area contributed by atoms with Crippen LogP contribution in [-0.4, -0.2) is 35.2 Å². The largest absolute Gasteiger partial charge is 0.463 e. The minimum atomic E-state index is 0.386. The summed E-state index contributed by atoms with van der Waals surface area (Å²) in [4.78, 5) is 12.8. The van der Waals surface area contributed by atoms with Crippen molar-refractivity contribution in [3.05, 3.63) is 0 Å². The predicted molar refractivity (Wildman–Crippen MR) is 80.2 cm³/mol. The molecular weight excluding hydrogens is 254 g/mol. The lowest BCUT2D eigenvalue weighted by molar-refractivity contribution is 0.292. The fourth-order valence-corrected chi connectivity index (χ4v) is 2.43. The van der Waals surface area contributed by atoms with Gasteiger partial charge < -0.3 is 15.4 Å². The van der Waals surface area contributed by atoms with Crippen LogP contribution in [0.2, 0.25) is 0 Å². The third-order valence-corrected chi connectivity index (χ3v) is 3.55. The molecule has 0 bridgehead atoms. The summed E-state index contributed by atoms with van der Waals surface area (Å²) in [7, 11) is 1.80. The van der Waals surface area contributed by atoms with E-state index in [-0.39, 0.29) is 0 Å². The van der Waals surface area contributed by atoms with Gasteiger partial charge in [-0.2, -0.15) is 15.0 Å². The topological polar surface area (TPSA) is 72.0 Å². The zero-order chi connectivity index (χ0) is 14.2. The molecule has 1 fully saturated rings. The van der Waals surface area contributed by atoms with Gasteiger partial charge in [0.25, 0.3) is 0 Å². The summed E-state index contributed by atoms with van der Waals surface area (Å²) < 4.78 is 5.49. The van der Waals surface area contributed by atoms with E-state index in [1.165, 1.54) is 32.1 Å². The fourth-order valence-electron chi connectivity index (χ4n) is 2.43. The molecule has 6 nitrogen and oxygen atoms in total. The first-order valence-corrected chi connectivity index (χ1v) is 7.62. The molecule has 0 atom stereocenters. The highest BCUT2D eigenvalue weighted by Gasteiger charge is 2.14. The molecule has 2 N–H and O–H groups in total. The van der Waals surface area contributed by atoms with Crippen LogP contribution in [0.3, 0.4) is 0 Å².